The quantitative estimate of drug-likeness (QED) is 0.690. The summed E-state index contributed by atoms with van der Waals surface area (Å²) in [6.45, 7) is 0.886. The molecule has 1 aliphatic heterocycles. The van der Waals surface area contributed by atoms with Crippen LogP contribution in [-0.4, -0.2) is 43.4 Å². The van der Waals surface area contributed by atoms with E-state index in [0.29, 0.717) is 19.6 Å². The molecule has 2 atom stereocenters. The summed E-state index contributed by atoms with van der Waals surface area (Å²) in [5.74, 6) is -0.0920. The van der Waals surface area contributed by atoms with Crippen molar-refractivity contribution in [3.8, 4) is 0 Å². The normalized spacial score (nSPS) is 19.6. The fourth-order valence-corrected chi connectivity index (χ4v) is 2.28. The van der Waals surface area contributed by atoms with Gasteiger partial charge in [0.25, 0.3) is 0 Å². The molecule has 5 nitrogen and oxygen atoms in total. The molecule has 0 fully saturated rings. The van der Waals surface area contributed by atoms with Crippen molar-refractivity contribution >= 4 is 5.91 Å². The second-order valence-corrected chi connectivity index (χ2v) is 4.75. The number of aliphatic hydroxyl groups excluding tert-OH is 1. The molecule has 0 aromatic heterocycles. The van der Waals surface area contributed by atoms with Gasteiger partial charge >= 0.3 is 0 Å². The van der Waals surface area contributed by atoms with Gasteiger partial charge in [-0.15, -0.1) is 0 Å². The zero-order chi connectivity index (χ0) is 13.7. The van der Waals surface area contributed by atoms with Crippen molar-refractivity contribution in [2.45, 2.75) is 25.0 Å². The SMILES string of the molecule is COCC(CO)NC(=O)C1Cc2ccccc2CN1. The standard InChI is InChI=1S/C14H20N2O3/c1-19-9-12(8-17)16-14(18)13-6-10-4-2-3-5-11(10)7-15-13/h2-5,12-13,15,17H,6-9H2,1H3,(H,16,18). The van der Waals surface area contributed by atoms with Crippen LogP contribution in [0.15, 0.2) is 24.3 Å². The monoisotopic (exact) mass is 264 g/mol. The molecule has 0 saturated heterocycles. The van der Waals surface area contributed by atoms with E-state index in [9.17, 15) is 4.79 Å². The average molecular weight is 264 g/mol. The van der Waals surface area contributed by atoms with Crippen LogP contribution in [-0.2, 0) is 22.5 Å². The first-order chi connectivity index (χ1) is 9.24. The fraction of sp³-hybridized carbons (Fsp3) is 0.500. The zero-order valence-electron chi connectivity index (χ0n) is 11.1. The molecule has 2 unspecified atom stereocenters. The Kier molecular flexibility index (Phi) is 4.90. The molecule has 1 aliphatic rings. The molecule has 0 spiro atoms. The fourth-order valence-electron chi connectivity index (χ4n) is 2.28. The van der Waals surface area contributed by atoms with E-state index in [1.165, 1.54) is 11.1 Å². The van der Waals surface area contributed by atoms with Gasteiger partial charge in [0.2, 0.25) is 5.91 Å². The highest BCUT2D eigenvalue weighted by Crippen LogP contribution is 2.16. The highest BCUT2D eigenvalue weighted by atomic mass is 16.5. The Morgan fingerprint density at radius 1 is 1.53 bits per heavy atom. The maximum Gasteiger partial charge on any atom is 0.237 e. The first kappa shape index (κ1) is 14.0. The molecule has 1 heterocycles. The van der Waals surface area contributed by atoms with Crippen molar-refractivity contribution in [1.82, 2.24) is 10.6 Å². The van der Waals surface area contributed by atoms with Crippen LogP contribution in [0.2, 0.25) is 0 Å². The number of methoxy groups -OCH3 is 1. The average Bonchev–Trinajstić information content (AvgIpc) is 2.46. The Balaban J connectivity index is 1.95. The molecule has 2 rings (SSSR count). The lowest BCUT2D eigenvalue weighted by atomic mass is 9.95. The van der Waals surface area contributed by atoms with Crippen molar-refractivity contribution in [3.63, 3.8) is 0 Å². The number of carbonyl (C=O) groups is 1. The lowest BCUT2D eigenvalue weighted by molar-refractivity contribution is -0.124. The van der Waals surface area contributed by atoms with E-state index in [1.807, 2.05) is 12.1 Å². The van der Waals surface area contributed by atoms with Gasteiger partial charge < -0.3 is 20.5 Å². The van der Waals surface area contributed by atoms with Crippen molar-refractivity contribution in [2.24, 2.45) is 0 Å². The van der Waals surface area contributed by atoms with Crippen molar-refractivity contribution in [3.05, 3.63) is 35.4 Å². The summed E-state index contributed by atoms with van der Waals surface area (Å²) in [5, 5.41) is 15.2. The number of aliphatic hydroxyl groups is 1. The van der Waals surface area contributed by atoms with Gasteiger partial charge in [0.05, 0.1) is 25.3 Å². The van der Waals surface area contributed by atoms with Crippen molar-refractivity contribution < 1.29 is 14.6 Å². The van der Waals surface area contributed by atoms with Gasteiger partial charge in [-0.1, -0.05) is 24.3 Å². The van der Waals surface area contributed by atoms with E-state index in [4.69, 9.17) is 9.84 Å². The van der Waals surface area contributed by atoms with E-state index in [-0.39, 0.29) is 24.6 Å². The topological polar surface area (TPSA) is 70.6 Å². The lowest BCUT2D eigenvalue weighted by Crippen LogP contribution is -2.52. The molecular formula is C14H20N2O3. The maximum atomic E-state index is 12.1. The number of carbonyl (C=O) groups excluding carboxylic acids is 1. The van der Waals surface area contributed by atoms with Crippen LogP contribution in [0, 0.1) is 0 Å². The van der Waals surface area contributed by atoms with E-state index in [0.717, 1.165) is 0 Å². The maximum absolute atomic E-state index is 12.1. The molecule has 5 heteroatoms. The van der Waals surface area contributed by atoms with Crippen LogP contribution in [0.1, 0.15) is 11.1 Å². The number of hydrogen-bond donors (Lipinski definition) is 3. The number of rotatable bonds is 5. The minimum Gasteiger partial charge on any atom is -0.394 e. The molecule has 1 amide bonds. The third-order valence-electron chi connectivity index (χ3n) is 3.33. The van der Waals surface area contributed by atoms with Crippen LogP contribution < -0.4 is 10.6 Å². The molecule has 0 saturated carbocycles. The number of benzene rings is 1. The number of ether oxygens (including phenoxy) is 1. The summed E-state index contributed by atoms with van der Waals surface area (Å²) in [4.78, 5) is 12.1. The van der Waals surface area contributed by atoms with E-state index in [2.05, 4.69) is 22.8 Å². The number of amides is 1. The first-order valence-electron chi connectivity index (χ1n) is 6.45. The predicted octanol–water partition coefficient (Wildman–Crippen LogP) is -0.176. The third-order valence-corrected chi connectivity index (χ3v) is 3.33. The van der Waals surface area contributed by atoms with Crippen LogP contribution >= 0.6 is 0 Å². The number of fused-ring (bicyclic) bond motifs is 1. The molecule has 0 radical (unpaired) electrons. The van der Waals surface area contributed by atoms with E-state index >= 15 is 0 Å². The third kappa shape index (κ3) is 3.53. The van der Waals surface area contributed by atoms with Gasteiger partial charge in [0.15, 0.2) is 0 Å². The summed E-state index contributed by atoms with van der Waals surface area (Å²) in [6.07, 6.45) is 0.674. The van der Waals surface area contributed by atoms with E-state index < -0.39 is 0 Å². The molecule has 0 bridgehead atoms. The summed E-state index contributed by atoms with van der Waals surface area (Å²) in [7, 11) is 1.55. The van der Waals surface area contributed by atoms with Gasteiger partial charge in [-0.2, -0.15) is 0 Å². The van der Waals surface area contributed by atoms with Gasteiger partial charge in [-0.05, 0) is 17.5 Å². The Morgan fingerprint density at radius 2 is 2.26 bits per heavy atom. The number of nitrogens with one attached hydrogen (secondary N) is 2. The molecular weight excluding hydrogens is 244 g/mol. The van der Waals surface area contributed by atoms with E-state index in [1.54, 1.807) is 7.11 Å². The molecule has 1 aromatic rings. The van der Waals surface area contributed by atoms with Crippen molar-refractivity contribution in [2.75, 3.05) is 20.3 Å². The minimum atomic E-state index is -0.350. The summed E-state index contributed by atoms with van der Waals surface area (Å²) in [5.41, 5.74) is 2.44. The Morgan fingerprint density at radius 3 is 2.95 bits per heavy atom. The van der Waals surface area contributed by atoms with Crippen LogP contribution in [0.3, 0.4) is 0 Å². The van der Waals surface area contributed by atoms with Crippen LogP contribution in [0.25, 0.3) is 0 Å². The molecule has 0 aliphatic carbocycles. The summed E-state index contributed by atoms with van der Waals surface area (Å²) in [6, 6.07) is 7.51. The first-order valence-corrected chi connectivity index (χ1v) is 6.45. The molecule has 19 heavy (non-hydrogen) atoms. The zero-order valence-corrected chi connectivity index (χ0v) is 11.1. The van der Waals surface area contributed by atoms with Gasteiger partial charge in [0.1, 0.15) is 0 Å². The molecule has 104 valence electrons. The lowest BCUT2D eigenvalue weighted by Gasteiger charge is -2.27. The Labute approximate surface area is 113 Å². The minimum absolute atomic E-state index is 0.0920. The van der Waals surface area contributed by atoms with Gasteiger partial charge in [-0.25, -0.2) is 0 Å². The van der Waals surface area contributed by atoms with Crippen LogP contribution in [0.5, 0.6) is 0 Å². The summed E-state index contributed by atoms with van der Waals surface area (Å²) >= 11 is 0. The molecule has 3 N–H and O–H groups in total. The Bertz CT molecular complexity index is 436. The predicted molar refractivity (Wildman–Crippen MR) is 71.7 cm³/mol. The second kappa shape index (κ2) is 6.65. The number of hydrogen-bond acceptors (Lipinski definition) is 4. The smallest absolute Gasteiger partial charge is 0.237 e. The Hall–Kier alpha value is -1.43. The van der Waals surface area contributed by atoms with Crippen LogP contribution in [0.4, 0.5) is 0 Å². The highest BCUT2D eigenvalue weighted by molar-refractivity contribution is 5.82. The van der Waals surface area contributed by atoms with Gasteiger partial charge in [-0.3, -0.25) is 4.79 Å². The molecule has 1 aromatic carbocycles. The second-order valence-electron chi connectivity index (χ2n) is 4.75. The highest BCUT2D eigenvalue weighted by Gasteiger charge is 2.25. The summed E-state index contributed by atoms with van der Waals surface area (Å²) < 4.78 is 4.94. The largest absolute Gasteiger partial charge is 0.394 e. The van der Waals surface area contributed by atoms with Crippen molar-refractivity contribution in [1.29, 1.82) is 0 Å². The van der Waals surface area contributed by atoms with Gasteiger partial charge in [0, 0.05) is 13.7 Å².